The molecule has 1 heterocycles. The molecule has 0 spiro atoms. The van der Waals surface area contributed by atoms with Crippen LogP contribution in [0.25, 0.3) is 0 Å². The number of nitrogens with one attached hydrogen (secondary N) is 1. The largest absolute Gasteiger partial charge is 0.497 e. The highest BCUT2D eigenvalue weighted by Crippen LogP contribution is 2.18. The topological polar surface area (TPSA) is 74.2 Å². The third-order valence-electron chi connectivity index (χ3n) is 5.26. The molecule has 2 aromatic rings. The number of hydrogen-bond donors (Lipinski definition) is 1. The van der Waals surface area contributed by atoms with Crippen LogP contribution in [0.3, 0.4) is 0 Å². The highest BCUT2D eigenvalue weighted by Gasteiger charge is 2.23. The molecule has 0 aliphatic carbocycles. The van der Waals surface area contributed by atoms with Gasteiger partial charge in [0.05, 0.1) is 12.8 Å². The Morgan fingerprint density at radius 1 is 1.10 bits per heavy atom. The number of carbonyl (C=O) groups is 2. The van der Waals surface area contributed by atoms with Gasteiger partial charge in [-0.05, 0) is 48.9 Å². The monoisotopic (exact) mass is 422 g/mol. The molecule has 1 aliphatic heterocycles. The van der Waals surface area contributed by atoms with Crippen molar-refractivity contribution in [3.8, 4) is 5.75 Å². The SMILES string of the molecule is COc1ccc(C2=NN(CC(=O)NCCN(C)CCc3ccccc3)C(=O)CC2)cc1. The van der Waals surface area contributed by atoms with Crippen LogP contribution in [0.1, 0.15) is 24.0 Å². The van der Waals surface area contributed by atoms with Crippen molar-refractivity contribution in [1.82, 2.24) is 15.2 Å². The van der Waals surface area contributed by atoms with Gasteiger partial charge in [-0.3, -0.25) is 9.59 Å². The van der Waals surface area contributed by atoms with Crippen molar-refractivity contribution in [2.45, 2.75) is 19.3 Å². The van der Waals surface area contributed by atoms with E-state index < -0.39 is 0 Å². The first kappa shape index (κ1) is 22.5. The molecular weight excluding hydrogens is 392 g/mol. The molecule has 0 bridgehead atoms. The van der Waals surface area contributed by atoms with E-state index in [2.05, 4.69) is 27.5 Å². The van der Waals surface area contributed by atoms with Gasteiger partial charge in [0.15, 0.2) is 0 Å². The van der Waals surface area contributed by atoms with Gasteiger partial charge in [0, 0.05) is 32.5 Å². The zero-order valence-corrected chi connectivity index (χ0v) is 18.2. The van der Waals surface area contributed by atoms with Gasteiger partial charge in [-0.1, -0.05) is 30.3 Å². The Kier molecular flexibility index (Phi) is 8.18. The second kappa shape index (κ2) is 11.3. The highest BCUT2D eigenvalue weighted by molar-refractivity contribution is 6.04. The van der Waals surface area contributed by atoms with E-state index in [4.69, 9.17) is 4.74 Å². The first-order valence-electron chi connectivity index (χ1n) is 10.6. The van der Waals surface area contributed by atoms with Crippen molar-refractivity contribution >= 4 is 17.5 Å². The molecule has 3 rings (SSSR count). The second-order valence-corrected chi connectivity index (χ2v) is 7.62. The minimum absolute atomic E-state index is 0.0633. The van der Waals surface area contributed by atoms with Crippen LogP contribution in [0.4, 0.5) is 0 Å². The predicted octanol–water partition coefficient (Wildman–Crippen LogP) is 2.31. The van der Waals surface area contributed by atoms with E-state index in [9.17, 15) is 9.59 Å². The number of benzene rings is 2. The van der Waals surface area contributed by atoms with E-state index in [0.29, 0.717) is 19.4 Å². The standard InChI is InChI=1S/C24H30N4O3/c1-27(16-14-19-6-4-3-5-7-19)17-15-25-23(29)18-28-24(30)13-12-22(26-28)20-8-10-21(31-2)11-9-20/h3-11H,12-18H2,1-2H3,(H,25,29). The van der Waals surface area contributed by atoms with Gasteiger partial charge in [-0.25, -0.2) is 5.01 Å². The smallest absolute Gasteiger partial charge is 0.243 e. The summed E-state index contributed by atoms with van der Waals surface area (Å²) < 4.78 is 5.18. The zero-order valence-electron chi connectivity index (χ0n) is 18.2. The molecule has 0 saturated carbocycles. The number of carbonyl (C=O) groups excluding carboxylic acids is 2. The van der Waals surface area contributed by atoms with E-state index in [0.717, 1.165) is 36.5 Å². The van der Waals surface area contributed by atoms with Gasteiger partial charge >= 0.3 is 0 Å². The van der Waals surface area contributed by atoms with Crippen LogP contribution in [0.2, 0.25) is 0 Å². The number of likely N-dealkylation sites (N-methyl/N-ethyl adjacent to an activating group) is 1. The van der Waals surface area contributed by atoms with Crippen LogP contribution < -0.4 is 10.1 Å². The average molecular weight is 423 g/mol. The summed E-state index contributed by atoms with van der Waals surface area (Å²) in [5, 5.41) is 8.59. The molecule has 0 aromatic heterocycles. The third-order valence-corrected chi connectivity index (χ3v) is 5.26. The van der Waals surface area contributed by atoms with Gasteiger partial charge in [0.1, 0.15) is 12.3 Å². The van der Waals surface area contributed by atoms with Gasteiger partial charge in [0.25, 0.3) is 0 Å². The maximum atomic E-state index is 12.3. The van der Waals surface area contributed by atoms with Crippen LogP contribution in [0.5, 0.6) is 5.75 Å². The Morgan fingerprint density at radius 3 is 2.55 bits per heavy atom. The average Bonchev–Trinajstić information content (AvgIpc) is 2.80. The maximum Gasteiger partial charge on any atom is 0.243 e. The highest BCUT2D eigenvalue weighted by atomic mass is 16.5. The summed E-state index contributed by atoms with van der Waals surface area (Å²) in [6.45, 7) is 2.13. The van der Waals surface area contributed by atoms with Crippen LogP contribution in [0.15, 0.2) is 59.7 Å². The van der Waals surface area contributed by atoms with E-state index in [-0.39, 0.29) is 18.4 Å². The molecule has 1 N–H and O–H groups in total. The Balaban J connectivity index is 1.44. The lowest BCUT2D eigenvalue weighted by molar-refractivity contribution is -0.136. The Morgan fingerprint density at radius 2 is 1.84 bits per heavy atom. The Labute approximate surface area is 183 Å². The number of ether oxygens (including phenoxy) is 1. The molecule has 31 heavy (non-hydrogen) atoms. The van der Waals surface area contributed by atoms with Crippen LogP contribution in [-0.2, 0) is 16.0 Å². The number of nitrogens with zero attached hydrogens (tertiary/aromatic N) is 3. The van der Waals surface area contributed by atoms with Crippen molar-refractivity contribution in [1.29, 1.82) is 0 Å². The van der Waals surface area contributed by atoms with Gasteiger partial charge in [-0.15, -0.1) is 0 Å². The van der Waals surface area contributed by atoms with Crippen molar-refractivity contribution in [3.05, 3.63) is 65.7 Å². The summed E-state index contributed by atoms with van der Waals surface area (Å²) in [5.41, 5.74) is 3.03. The summed E-state index contributed by atoms with van der Waals surface area (Å²) >= 11 is 0. The van der Waals surface area contributed by atoms with Crippen LogP contribution in [0, 0.1) is 0 Å². The van der Waals surface area contributed by atoms with E-state index in [1.54, 1.807) is 7.11 Å². The summed E-state index contributed by atoms with van der Waals surface area (Å²) in [4.78, 5) is 26.7. The lowest BCUT2D eigenvalue weighted by atomic mass is 10.0. The lowest BCUT2D eigenvalue weighted by Gasteiger charge is -2.23. The molecule has 7 nitrogen and oxygen atoms in total. The molecular formula is C24H30N4O3. The van der Waals surface area contributed by atoms with Crippen molar-refractivity contribution in [2.75, 3.05) is 40.3 Å². The van der Waals surface area contributed by atoms with Crippen LogP contribution >= 0.6 is 0 Å². The molecule has 2 aromatic carbocycles. The molecule has 164 valence electrons. The molecule has 0 atom stereocenters. The zero-order chi connectivity index (χ0) is 22.1. The third kappa shape index (κ3) is 6.93. The number of methoxy groups -OCH3 is 1. The first-order chi connectivity index (χ1) is 15.0. The summed E-state index contributed by atoms with van der Waals surface area (Å²) in [6, 6.07) is 17.9. The number of amides is 2. The molecule has 7 heteroatoms. The fourth-order valence-corrected chi connectivity index (χ4v) is 3.37. The molecule has 0 radical (unpaired) electrons. The minimum Gasteiger partial charge on any atom is -0.497 e. The molecule has 1 aliphatic rings. The van der Waals surface area contributed by atoms with Crippen LogP contribution in [-0.4, -0.2) is 67.8 Å². The Hall–Kier alpha value is -3.19. The number of rotatable bonds is 10. The normalized spacial score (nSPS) is 13.8. The van der Waals surface area contributed by atoms with Gasteiger partial charge < -0.3 is 15.0 Å². The summed E-state index contributed by atoms with van der Waals surface area (Å²) in [5.74, 6) is 0.429. The van der Waals surface area contributed by atoms with Crippen molar-refractivity contribution in [2.24, 2.45) is 5.10 Å². The lowest BCUT2D eigenvalue weighted by Crippen LogP contribution is -2.42. The van der Waals surface area contributed by atoms with Gasteiger partial charge in [0.2, 0.25) is 11.8 Å². The quantitative estimate of drug-likeness (QED) is 0.638. The van der Waals surface area contributed by atoms with E-state index >= 15 is 0 Å². The Bertz CT molecular complexity index is 897. The molecule has 2 amide bonds. The summed E-state index contributed by atoms with van der Waals surface area (Å²) in [6.07, 6.45) is 1.88. The van der Waals surface area contributed by atoms with Crippen molar-refractivity contribution in [3.63, 3.8) is 0 Å². The number of hydrogen-bond acceptors (Lipinski definition) is 5. The van der Waals surface area contributed by atoms with Crippen molar-refractivity contribution < 1.29 is 14.3 Å². The van der Waals surface area contributed by atoms with E-state index in [1.165, 1.54) is 10.6 Å². The second-order valence-electron chi connectivity index (χ2n) is 7.62. The minimum atomic E-state index is -0.204. The fourth-order valence-electron chi connectivity index (χ4n) is 3.37. The maximum absolute atomic E-state index is 12.3. The molecule has 0 saturated heterocycles. The predicted molar refractivity (Wildman–Crippen MR) is 121 cm³/mol. The number of hydrazone groups is 1. The van der Waals surface area contributed by atoms with Gasteiger partial charge in [-0.2, -0.15) is 5.10 Å². The molecule has 0 unspecified atom stereocenters. The van der Waals surface area contributed by atoms with E-state index in [1.807, 2.05) is 49.5 Å². The fraction of sp³-hybridized carbons (Fsp3) is 0.375. The molecule has 0 fully saturated rings. The summed E-state index contributed by atoms with van der Waals surface area (Å²) in [7, 11) is 3.65. The first-order valence-corrected chi connectivity index (χ1v) is 10.6.